The molecule has 2 rings (SSSR count). The normalized spacial score (nSPS) is 10.7. The van der Waals surface area contributed by atoms with Gasteiger partial charge in [0.2, 0.25) is 5.82 Å². The van der Waals surface area contributed by atoms with Gasteiger partial charge in [-0.3, -0.25) is 4.79 Å². The lowest BCUT2D eigenvalue weighted by Crippen LogP contribution is -2.20. The fourth-order valence-electron chi connectivity index (χ4n) is 1.58. The molecular weight excluding hydrogens is 427 g/mol. The van der Waals surface area contributed by atoms with Gasteiger partial charge in [0.25, 0.3) is 5.91 Å². The molecule has 0 radical (unpaired) electrons. The number of hydrogen-bond donors (Lipinski definition) is 1. The monoisotopic (exact) mass is 431 g/mol. The predicted octanol–water partition coefficient (Wildman–Crippen LogP) is 4.38. The summed E-state index contributed by atoms with van der Waals surface area (Å²) in [7, 11) is 0. The average molecular weight is 431 g/mol. The van der Waals surface area contributed by atoms with E-state index < -0.39 is 52.1 Å². The van der Waals surface area contributed by atoms with E-state index in [1.807, 2.05) is 0 Å². The van der Waals surface area contributed by atoms with Gasteiger partial charge in [-0.1, -0.05) is 0 Å². The molecule has 1 N–H and O–H groups in total. The van der Waals surface area contributed by atoms with Crippen molar-refractivity contribution in [1.29, 1.82) is 0 Å². The minimum atomic E-state index is -2.38. The average Bonchev–Trinajstić information content (AvgIpc) is 2.46. The maximum atomic E-state index is 13.5. The highest BCUT2D eigenvalue weighted by Crippen LogP contribution is 2.25. The Hall–Kier alpha value is -1.78. The molecule has 0 aliphatic carbocycles. The Morgan fingerprint density at radius 2 is 1.36 bits per heavy atom. The summed E-state index contributed by atoms with van der Waals surface area (Å²) in [6.07, 6.45) is 0. The quantitative estimate of drug-likeness (QED) is 0.326. The minimum Gasteiger partial charge on any atom is -0.319 e. The van der Waals surface area contributed by atoms with Crippen LogP contribution in [0.15, 0.2) is 18.2 Å². The number of halogens is 7. The lowest BCUT2D eigenvalue weighted by Gasteiger charge is -2.10. The third-order valence-electron chi connectivity index (χ3n) is 2.62. The molecule has 0 heterocycles. The van der Waals surface area contributed by atoms with E-state index in [2.05, 4.69) is 0 Å². The van der Waals surface area contributed by atoms with Crippen molar-refractivity contribution in [3.05, 3.63) is 62.2 Å². The van der Waals surface area contributed by atoms with Crippen molar-refractivity contribution in [2.24, 2.45) is 0 Å². The molecular formula is C13H4F6INO. The zero-order chi connectivity index (χ0) is 16.6. The van der Waals surface area contributed by atoms with E-state index in [1.54, 1.807) is 27.9 Å². The van der Waals surface area contributed by atoms with Crippen LogP contribution in [0.1, 0.15) is 10.4 Å². The second-order valence-electron chi connectivity index (χ2n) is 4.02. The second-order valence-corrected chi connectivity index (χ2v) is 5.27. The number of benzene rings is 2. The number of amides is 1. The molecule has 9 heteroatoms. The van der Waals surface area contributed by atoms with E-state index in [0.717, 1.165) is 12.1 Å². The van der Waals surface area contributed by atoms with Gasteiger partial charge in [-0.05, 0) is 40.8 Å². The summed E-state index contributed by atoms with van der Waals surface area (Å²) in [6.45, 7) is 0. The van der Waals surface area contributed by atoms with Gasteiger partial charge >= 0.3 is 0 Å². The van der Waals surface area contributed by atoms with Crippen LogP contribution in [-0.2, 0) is 0 Å². The molecule has 0 spiro atoms. The zero-order valence-corrected chi connectivity index (χ0v) is 12.4. The van der Waals surface area contributed by atoms with Gasteiger partial charge in [0.05, 0.1) is 5.69 Å². The SMILES string of the molecule is O=C(Nc1ccc(I)cc1F)c1c(F)c(F)c(F)c(F)c1F. The third-order valence-corrected chi connectivity index (χ3v) is 3.29. The van der Waals surface area contributed by atoms with Gasteiger partial charge in [0, 0.05) is 3.57 Å². The number of rotatable bonds is 2. The zero-order valence-electron chi connectivity index (χ0n) is 10.3. The summed E-state index contributed by atoms with van der Waals surface area (Å²) in [5.74, 6) is -14.1. The first-order valence-electron chi connectivity index (χ1n) is 5.52. The summed E-state index contributed by atoms with van der Waals surface area (Å²) in [5.41, 5.74) is -2.15. The number of carbonyl (C=O) groups is 1. The van der Waals surface area contributed by atoms with E-state index in [9.17, 15) is 31.1 Å². The molecule has 0 fully saturated rings. The van der Waals surface area contributed by atoms with Gasteiger partial charge in [-0.2, -0.15) is 0 Å². The van der Waals surface area contributed by atoms with E-state index in [4.69, 9.17) is 0 Å². The largest absolute Gasteiger partial charge is 0.319 e. The molecule has 0 saturated carbocycles. The Balaban J connectivity index is 2.46. The molecule has 116 valence electrons. The Kier molecular flexibility index (Phi) is 4.63. The number of hydrogen-bond acceptors (Lipinski definition) is 1. The summed E-state index contributed by atoms with van der Waals surface area (Å²) in [4.78, 5) is 11.7. The summed E-state index contributed by atoms with van der Waals surface area (Å²) in [6, 6.07) is 3.47. The molecule has 0 saturated heterocycles. The van der Waals surface area contributed by atoms with Crippen molar-refractivity contribution in [2.75, 3.05) is 5.32 Å². The van der Waals surface area contributed by atoms with Crippen LogP contribution in [0.5, 0.6) is 0 Å². The molecule has 2 aromatic rings. The third kappa shape index (κ3) is 2.89. The van der Waals surface area contributed by atoms with Gasteiger partial charge in [-0.15, -0.1) is 0 Å². The first kappa shape index (κ1) is 16.6. The van der Waals surface area contributed by atoms with Crippen LogP contribution in [0.4, 0.5) is 32.0 Å². The standard InChI is InChI=1S/C13H4F6INO/c14-5-3-4(20)1-2-6(5)21-13(22)7-8(15)10(17)12(19)11(18)9(7)16/h1-3H,(H,21,22). The highest BCUT2D eigenvalue weighted by Gasteiger charge is 2.30. The topological polar surface area (TPSA) is 29.1 Å². The summed E-state index contributed by atoms with van der Waals surface area (Å²) >= 11 is 1.78. The lowest BCUT2D eigenvalue weighted by atomic mass is 10.1. The van der Waals surface area contributed by atoms with Crippen molar-refractivity contribution in [1.82, 2.24) is 0 Å². The second kappa shape index (κ2) is 6.15. The van der Waals surface area contributed by atoms with Crippen LogP contribution < -0.4 is 5.32 Å². The highest BCUT2D eigenvalue weighted by molar-refractivity contribution is 14.1. The van der Waals surface area contributed by atoms with Crippen molar-refractivity contribution in [3.63, 3.8) is 0 Å². The van der Waals surface area contributed by atoms with Gasteiger partial charge in [-0.25, -0.2) is 26.3 Å². The van der Waals surface area contributed by atoms with Crippen LogP contribution in [-0.4, -0.2) is 5.91 Å². The van der Waals surface area contributed by atoms with Crippen molar-refractivity contribution >= 4 is 34.2 Å². The first-order valence-corrected chi connectivity index (χ1v) is 6.59. The van der Waals surface area contributed by atoms with Crippen LogP contribution in [0, 0.1) is 38.5 Å². The summed E-state index contributed by atoms with van der Waals surface area (Å²) < 4.78 is 79.8. The Morgan fingerprint density at radius 3 is 1.86 bits per heavy atom. The van der Waals surface area contributed by atoms with Crippen molar-refractivity contribution < 1.29 is 31.1 Å². The highest BCUT2D eigenvalue weighted by atomic mass is 127. The predicted molar refractivity (Wildman–Crippen MR) is 73.3 cm³/mol. The van der Waals surface area contributed by atoms with Crippen LogP contribution >= 0.6 is 22.6 Å². The number of carbonyl (C=O) groups excluding carboxylic acids is 1. The molecule has 22 heavy (non-hydrogen) atoms. The molecule has 0 atom stereocenters. The molecule has 2 nitrogen and oxygen atoms in total. The molecule has 2 aromatic carbocycles. The van der Waals surface area contributed by atoms with E-state index >= 15 is 0 Å². The maximum absolute atomic E-state index is 13.5. The van der Waals surface area contributed by atoms with Crippen molar-refractivity contribution in [2.45, 2.75) is 0 Å². The minimum absolute atomic E-state index is 0.464. The molecule has 0 bridgehead atoms. The van der Waals surface area contributed by atoms with Gasteiger partial charge < -0.3 is 5.32 Å². The molecule has 1 amide bonds. The Morgan fingerprint density at radius 1 is 0.864 bits per heavy atom. The summed E-state index contributed by atoms with van der Waals surface area (Å²) in [5, 5.41) is 1.76. The first-order chi connectivity index (χ1) is 10.2. The van der Waals surface area contributed by atoms with Crippen molar-refractivity contribution in [3.8, 4) is 0 Å². The number of nitrogens with one attached hydrogen (secondary N) is 1. The van der Waals surface area contributed by atoms with E-state index in [1.165, 1.54) is 6.07 Å². The Bertz CT molecular complexity index is 751. The van der Waals surface area contributed by atoms with Gasteiger partial charge in [0.1, 0.15) is 11.4 Å². The molecule has 0 aromatic heterocycles. The number of anilines is 1. The fourth-order valence-corrected chi connectivity index (χ4v) is 2.03. The fraction of sp³-hybridized carbons (Fsp3) is 0. The molecule has 0 aliphatic heterocycles. The molecule has 0 unspecified atom stereocenters. The Labute approximate surface area is 133 Å². The van der Waals surface area contributed by atoms with Crippen LogP contribution in [0.3, 0.4) is 0 Å². The maximum Gasteiger partial charge on any atom is 0.261 e. The molecule has 0 aliphatic rings. The van der Waals surface area contributed by atoms with E-state index in [-0.39, 0.29) is 0 Å². The van der Waals surface area contributed by atoms with E-state index in [0.29, 0.717) is 3.57 Å². The lowest BCUT2D eigenvalue weighted by molar-refractivity contribution is 0.101. The van der Waals surface area contributed by atoms with Gasteiger partial charge in [0.15, 0.2) is 23.3 Å². The smallest absolute Gasteiger partial charge is 0.261 e. The van der Waals surface area contributed by atoms with Crippen LogP contribution in [0.2, 0.25) is 0 Å². The van der Waals surface area contributed by atoms with Crippen LogP contribution in [0.25, 0.3) is 0 Å².